The summed E-state index contributed by atoms with van der Waals surface area (Å²) in [6, 6.07) is 10.4. The summed E-state index contributed by atoms with van der Waals surface area (Å²) in [4.78, 5) is 31.8. The van der Waals surface area contributed by atoms with E-state index in [0.717, 1.165) is 16.7 Å². The van der Waals surface area contributed by atoms with Crippen LogP contribution >= 0.6 is 11.3 Å². The second-order valence-corrected chi connectivity index (χ2v) is 9.15. The normalized spacial score (nSPS) is 16.7. The van der Waals surface area contributed by atoms with Crippen molar-refractivity contribution in [3.63, 3.8) is 0 Å². The number of ether oxygens (including phenoxy) is 4. The Morgan fingerprint density at radius 2 is 1.91 bits per heavy atom. The Kier molecular flexibility index (Phi) is 5.94. The van der Waals surface area contributed by atoms with Crippen LogP contribution in [0, 0.1) is 6.92 Å². The van der Waals surface area contributed by atoms with Gasteiger partial charge < -0.3 is 18.9 Å². The number of carbonyl (C=O) groups excluding carboxylic acids is 1. The second-order valence-electron chi connectivity index (χ2n) is 8.14. The van der Waals surface area contributed by atoms with Crippen LogP contribution < -0.4 is 29.1 Å². The minimum atomic E-state index is -0.670. The highest BCUT2D eigenvalue weighted by molar-refractivity contribution is 7.07. The molecule has 180 valence electrons. The molecule has 0 fully saturated rings. The van der Waals surface area contributed by atoms with E-state index < -0.39 is 12.0 Å². The first kappa shape index (κ1) is 22.9. The molecule has 1 aromatic heterocycles. The van der Waals surface area contributed by atoms with Gasteiger partial charge in [-0.3, -0.25) is 9.36 Å². The number of methoxy groups -OCH3 is 1. The van der Waals surface area contributed by atoms with Crippen molar-refractivity contribution >= 4 is 23.4 Å². The second kappa shape index (κ2) is 9.07. The Hall–Kier alpha value is -3.85. The van der Waals surface area contributed by atoms with Gasteiger partial charge in [0, 0.05) is 0 Å². The molecule has 2 aromatic carbocycles. The highest BCUT2D eigenvalue weighted by Gasteiger charge is 2.33. The minimum absolute atomic E-state index is 0.179. The zero-order valence-electron chi connectivity index (χ0n) is 19.8. The van der Waals surface area contributed by atoms with E-state index in [2.05, 4.69) is 4.99 Å². The molecule has 3 heterocycles. The van der Waals surface area contributed by atoms with E-state index in [1.165, 1.54) is 11.3 Å². The maximum atomic E-state index is 13.7. The summed E-state index contributed by atoms with van der Waals surface area (Å²) in [5.74, 6) is 1.52. The fourth-order valence-electron chi connectivity index (χ4n) is 4.25. The van der Waals surface area contributed by atoms with Crippen molar-refractivity contribution < 1.29 is 23.7 Å². The Morgan fingerprint density at radius 1 is 1.20 bits per heavy atom. The zero-order chi connectivity index (χ0) is 24.7. The predicted octanol–water partition coefficient (Wildman–Crippen LogP) is 2.84. The van der Waals surface area contributed by atoms with Crippen LogP contribution in [-0.2, 0) is 9.53 Å². The van der Waals surface area contributed by atoms with Crippen molar-refractivity contribution in [1.29, 1.82) is 0 Å². The zero-order valence-corrected chi connectivity index (χ0v) is 20.6. The first-order valence-corrected chi connectivity index (χ1v) is 12.0. The minimum Gasteiger partial charge on any atom is -0.497 e. The molecule has 0 saturated heterocycles. The van der Waals surface area contributed by atoms with Crippen molar-refractivity contribution in [2.24, 2.45) is 4.99 Å². The topological polar surface area (TPSA) is 88.4 Å². The molecular weight excluding hydrogens is 468 g/mol. The van der Waals surface area contributed by atoms with Gasteiger partial charge in [0.1, 0.15) is 5.75 Å². The molecule has 0 N–H and O–H groups in total. The van der Waals surface area contributed by atoms with E-state index in [4.69, 9.17) is 18.9 Å². The largest absolute Gasteiger partial charge is 0.497 e. The van der Waals surface area contributed by atoms with E-state index in [-0.39, 0.29) is 19.0 Å². The number of thiazole rings is 1. The van der Waals surface area contributed by atoms with E-state index in [0.29, 0.717) is 37.9 Å². The molecule has 2 aliphatic rings. The molecule has 1 atom stereocenters. The number of rotatable bonds is 5. The van der Waals surface area contributed by atoms with Gasteiger partial charge in [-0.2, -0.15) is 0 Å². The quantitative estimate of drug-likeness (QED) is 0.509. The number of allylic oxidation sites excluding steroid dienone is 1. The number of benzene rings is 2. The predicted molar refractivity (Wildman–Crippen MR) is 131 cm³/mol. The van der Waals surface area contributed by atoms with E-state index in [1.807, 2.05) is 37.3 Å². The summed E-state index contributed by atoms with van der Waals surface area (Å²) in [5, 5.41) is 0. The number of hydrogen-bond donors (Lipinski definition) is 0. The van der Waals surface area contributed by atoms with Gasteiger partial charge in [-0.1, -0.05) is 23.5 Å². The van der Waals surface area contributed by atoms with Crippen molar-refractivity contribution in [3.05, 3.63) is 84.0 Å². The van der Waals surface area contributed by atoms with Crippen molar-refractivity contribution in [2.75, 3.05) is 20.5 Å². The number of fused-ring (bicyclic) bond motifs is 2. The Morgan fingerprint density at radius 3 is 2.60 bits per heavy atom. The number of esters is 1. The molecule has 8 nitrogen and oxygen atoms in total. The van der Waals surface area contributed by atoms with Crippen LogP contribution in [-0.4, -0.2) is 31.0 Å². The summed E-state index contributed by atoms with van der Waals surface area (Å²) in [5.41, 5.74) is 3.19. The fraction of sp³-hybridized carbons (Fsp3) is 0.269. The van der Waals surface area contributed by atoms with Crippen molar-refractivity contribution in [1.82, 2.24) is 4.57 Å². The van der Waals surface area contributed by atoms with Crippen LogP contribution in [0.2, 0.25) is 0 Å². The third-order valence-electron chi connectivity index (χ3n) is 6.00. The Bertz CT molecular complexity index is 1530. The van der Waals surface area contributed by atoms with Crippen LogP contribution in [0.3, 0.4) is 0 Å². The maximum absolute atomic E-state index is 13.7. The van der Waals surface area contributed by atoms with Crippen molar-refractivity contribution in [3.8, 4) is 17.2 Å². The lowest BCUT2D eigenvalue weighted by Gasteiger charge is -2.24. The molecule has 5 rings (SSSR count). The monoisotopic (exact) mass is 492 g/mol. The highest BCUT2D eigenvalue weighted by atomic mass is 32.1. The van der Waals surface area contributed by atoms with E-state index in [1.54, 1.807) is 37.7 Å². The van der Waals surface area contributed by atoms with Gasteiger partial charge in [0.2, 0.25) is 6.79 Å². The van der Waals surface area contributed by atoms with Crippen LogP contribution in [0.5, 0.6) is 17.2 Å². The molecule has 0 radical (unpaired) electrons. The van der Waals surface area contributed by atoms with E-state index in [9.17, 15) is 9.59 Å². The summed E-state index contributed by atoms with van der Waals surface area (Å²) < 4.78 is 23.6. The molecule has 35 heavy (non-hydrogen) atoms. The van der Waals surface area contributed by atoms with Crippen LogP contribution in [0.1, 0.15) is 36.6 Å². The van der Waals surface area contributed by atoms with Crippen LogP contribution in [0.4, 0.5) is 0 Å². The average Bonchev–Trinajstić information content (AvgIpc) is 3.42. The van der Waals surface area contributed by atoms with Crippen LogP contribution in [0.15, 0.2) is 57.5 Å². The van der Waals surface area contributed by atoms with Gasteiger partial charge in [-0.05, 0) is 67.8 Å². The molecule has 0 spiro atoms. The lowest BCUT2D eigenvalue weighted by atomic mass is 9.96. The van der Waals surface area contributed by atoms with Gasteiger partial charge in [-0.25, -0.2) is 9.79 Å². The lowest BCUT2D eigenvalue weighted by molar-refractivity contribution is -0.139. The van der Waals surface area contributed by atoms with Gasteiger partial charge >= 0.3 is 5.97 Å². The molecule has 0 bridgehead atoms. The number of hydrogen-bond acceptors (Lipinski definition) is 8. The van der Waals surface area contributed by atoms with Gasteiger partial charge in [0.05, 0.1) is 35.6 Å². The summed E-state index contributed by atoms with van der Waals surface area (Å²) in [6.45, 7) is 5.87. The Labute approximate surface area is 205 Å². The first-order valence-electron chi connectivity index (χ1n) is 11.1. The molecule has 9 heteroatoms. The van der Waals surface area contributed by atoms with Crippen molar-refractivity contribution in [2.45, 2.75) is 26.8 Å². The summed E-state index contributed by atoms with van der Waals surface area (Å²) in [7, 11) is 1.59. The molecule has 3 aromatic rings. The SMILES string of the molecule is CCOC(=O)C1=C(C)N=c2s/c(=C\c3cc4c(cc3C)OCO4)c(=O)n2C1c1ccc(OC)cc1. The maximum Gasteiger partial charge on any atom is 0.338 e. The molecular formula is C26H24N2O6S. The van der Waals surface area contributed by atoms with Gasteiger partial charge in [-0.15, -0.1) is 0 Å². The average molecular weight is 493 g/mol. The lowest BCUT2D eigenvalue weighted by Crippen LogP contribution is -2.39. The number of aryl methyl sites for hydroxylation is 1. The molecule has 2 aliphatic heterocycles. The highest BCUT2D eigenvalue weighted by Crippen LogP contribution is 2.35. The third kappa shape index (κ3) is 4.01. The standard InChI is InChI=1S/C26H24N2O6S/c1-5-32-25(30)22-15(3)27-26-28(23(22)16-6-8-18(31-4)9-7-16)24(29)21(35-26)12-17-11-20-19(10-14(17)2)33-13-34-20/h6-12,23H,5,13H2,1-4H3/b21-12-. The smallest absolute Gasteiger partial charge is 0.338 e. The molecule has 1 unspecified atom stereocenters. The fourth-order valence-corrected chi connectivity index (χ4v) is 5.29. The van der Waals surface area contributed by atoms with Gasteiger partial charge in [0.15, 0.2) is 16.3 Å². The third-order valence-corrected chi connectivity index (χ3v) is 6.98. The molecule has 0 saturated carbocycles. The Balaban J connectivity index is 1.70. The number of carbonyl (C=O) groups is 1. The van der Waals surface area contributed by atoms with Gasteiger partial charge in [0.25, 0.3) is 5.56 Å². The molecule has 0 aliphatic carbocycles. The number of nitrogens with zero attached hydrogens (tertiary/aromatic N) is 2. The first-order chi connectivity index (χ1) is 16.9. The summed E-state index contributed by atoms with van der Waals surface area (Å²) in [6.07, 6.45) is 1.83. The summed E-state index contributed by atoms with van der Waals surface area (Å²) >= 11 is 1.28. The molecule has 0 amide bonds. The van der Waals surface area contributed by atoms with E-state index >= 15 is 0 Å². The van der Waals surface area contributed by atoms with Crippen LogP contribution in [0.25, 0.3) is 6.08 Å². The number of aromatic nitrogens is 1.